The molecule has 2 unspecified atom stereocenters. The van der Waals surface area contributed by atoms with E-state index in [0.29, 0.717) is 13.0 Å². The predicted molar refractivity (Wildman–Crippen MR) is 107 cm³/mol. The first kappa shape index (κ1) is 22.2. The fourth-order valence-electron chi connectivity index (χ4n) is 5.73. The van der Waals surface area contributed by atoms with Crippen molar-refractivity contribution in [3.8, 4) is 0 Å². The molecule has 0 aromatic carbocycles. The smallest absolute Gasteiger partial charge is 0.313 e. The topological polar surface area (TPSA) is 63.6 Å². The Hall–Kier alpha value is -1.06. The highest BCUT2D eigenvalue weighted by Gasteiger charge is 2.58. The van der Waals surface area contributed by atoms with Gasteiger partial charge in [-0.1, -0.05) is 59.8 Å². The van der Waals surface area contributed by atoms with Crippen LogP contribution in [0.15, 0.2) is 0 Å². The third-order valence-corrected chi connectivity index (χ3v) is 6.70. The van der Waals surface area contributed by atoms with Gasteiger partial charge in [-0.2, -0.15) is 0 Å². The highest BCUT2D eigenvalue weighted by molar-refractivity contribution is 5.85. The van der Waals surface area contributed by atoms with Gasteiger partial charge < -0.3 is 9.84 Å². The highest BCUT2D eigenvalue weighted by Crippen LogP contribution is 2.54. The molecule has 0 radical (unpaired) electrons. The van der Waals surface area contributed by atoms with Gasteiger partial charge in [-0.3, -0.25) is 9.59 Å². The summed E-state index contributed by atoms with van der Waals surface area (Å²) in [6.07, 6.45) is 9.95. The zero-order valence-corrected chi connectivity index (χ0v) is 17.8. The van der Waals surface area contributed by atoms with Gasteiger partial charge in [0.05, 0.1) is 17.9 Å². The highest BCUT2D eigenvalue weighted by atomic mass is 16.5. The molecule has 2 aliphatic carbocycles. The molecule has 2 aliphatic rings. The van der Waals surface area contributed by atoms with Crippen LogP contribution in [0.25, 0.3) is 0 Å². The summed E-state index contributed by atoms with van der Waals surface area (Å²) in [6, 6.07) is 0. The summed E-state index contributed by atoms with van der Waals surface area (Å²) in [6.45, 7) is 8.66. The molecule has 2 saturated carbocycles. The van der Waals surface area contributed by atoms with E-state index in [1.54, 1.807) is 0 Å². The Bertz CT molecular complexity index is 487. The van der Waals surface area contributed by atoms with Gasteiger partial charge in [-0.25, -0.2) is 0 Å². The molecule has 0 amide bonds. The van der Waals surface area contributed by atoms with Crippen LogP contribution in [0.5, 0.6) is 0 Å². The van der Waals surface area contributed by atoms with Crippen molar-refractivity contribution in [2.45, 2.75) is 91.9 Å². The lowest BCUT2D eigenvalue weighted by molar-refractivity contribution is -0.180. The largest absolute Gasteiger partial charge is 0.481 e. The van der Waals surface area contributed by atoms with Crippen molar-refractivity contribution in [1.29, 1.82) is 0 Å². The Morgan fingerprint density at radius 2 is 1.48 bits per heavy atom. The molecule has 0 aromatic heterocycles. The summed E-state index contributed by atoms with van der Waals surface area (Å²) in [7, 11) is 0. The average Bonchev–Trinajstić information content (AvgIpc) is 3.12. The minimum atomic E-state index is -0.871. The van der Waals surface area contributed by atoms with E-state index in [1.165, 1.54) is 6.42 Å². The maximum atomic E-state index is 13.6. The molecule has 0 aliphatic heterocycles. The Balaban J connectivity index is 2.49. The van der Waals surface area contributed by atoms with Crippen molar-refractivity contribution in [3.63, 3.8) is 0 Å². The van der Waals surface area contributed by atoms with Crippen LogP contribution in [0.3, 0.4) is 0 Å². The molecule has 2 rings (SSSR count). The standard InChI is InChI=1S/C23H40O4/c1-16(2)14-23(19-12-6-5-7-13-19,22(26)27-15-17(3)4)20(21(24)25)18-10-8-9-11-18/h16-20H,5-15H2,1-4H3,(H,24,25). The van der Waals surface area contributed by atoms with E-state index in [-0.39, 0.29) is 29.6 Å². The SMILES string of the molecule is CC(C)COC(=O)C(CC(C)C)(C1CCCCC1)C(C(=O)O)C1CCCC1. The summed E-state index contributed by atoms with van der Waals surface area (Å²) in [4.78, 5) is 26.2. The van der Waals surface area contributed by atoms with Gasteiger partial charge in [0.25, 0.3) is 0 Å². The minimum absolute atomic E-state index is 0.106. The lowest BCUT2D eigenvalue weighted by Crippen LogP contribution is -2.53. The molecule has 4 heteroatoms. The Labute approximate surface area is 165 Å². The van der Waals surface area contributed by atoms with Crippen molar-refractivity contribution in [3.05, 3.63) is 0 Å². The number of esters is 1. The molecule has 0 aromatic rings. The molecule has 27 heavy (non-hydrogen) atoms. The van der Waals surface area contributed by atoms with Crippen LogP contribution in [0.2, 0.25) is 0 Å². The number of ether oxygens (including phenoxy) is 1. The zero-order chi connectivity index (χ0) is 20.0. The molecule has 0 heterocycles. The van der Waals surface area contributed by atoms with Crippen molar-refractivity contribution in [2.75, 3.05) is 6.61 Å². The van der Waals surface area contributed by atoms with E-state index in [0.717, 1.165) is 51.4 Å². The van der Waals surface area contributed by atoms with Gasteiger partial charge >= 0.3 is 11.9 Å². The Morgan fingerprint density at radius 3 is 1.96 bits per heavy atom. The quantitative estimate of drug-likeness (QED) is 0.522. The summed E-state index contributed by atoms with van der Waals surface area (Å²) < 4.78 is 5.81. The van der Waals surface area contributed by atoms with Crippen molar-refractivity contribution in [1.82, 2.24) is 0 Å². The van der Waals surface area contributed by atoms with Crippen LogP contribution in [0.1, 0.15) is 91.9 Å². The molecule has 0 spiro atoms. The van der Waals surface area contributed by atoms with E-state index >= 15 is 0 Å². The number of carbonyl (C=O) groups excluding carboxylic acids is 1. The molecule has 156 valence electrons. The third-order valence-electron chi connectivity index (χ3n) is 6.70. The van der Waals surface area contributed by atoms with E-state index in [4.69, 9.17) is 4.74 Å². The van der Waals surface area contributed by atoms with E-state index in [1.807, 2.05) is 13.8 Å². The first-order chi connectivity index (χ1) is 12.8. The number of carboxylic acids is 1. The second kappa shape index (κ2) is 9.93. The Morgan fingerprint density at radius 1 is 0.926 bits per heavy atom. The summed E-state index contributed by atoms with van der Waals surface area (Å²) in [5.74, 6) is -0.853. The second-order valence-corrected chi connectivity index (χ2v) is 9.83. The summed E-state index contributed by atoms with van der Waals surface area (Å²) in [5, 5.41) is 10.3. The van der Waals surface area contributed by atoms with E-state index in [2.05, 4.69) is 13.8 Å². The van der Waals surface area contributed by atoms with Crippen LogP contribution in [-0.2, 0) is 14.3 Å². The van der Waals surface area contributed by atoms with Gasteiger partial charge in [0.15, 0.2) is 0 Å². The normalized spacial score (nSPS) is 22.7. The van der Waals surface area contributed by atoms with Crippen LogP contribution < -0.4 is 0 Å². The summed E-state index contributed by atoms with van der Waals surface area (Å²) >= 11 is 0. The monoisotopic (exact) mass is 380 g/mol. The van der Waals surface area contributed by atoms with Gasteiger partial charge in [-0.05, 0) is 55.8 Å². The number of carbonyl (C=O) groups is 2. The van der Waals surface area contributed by atoms with Crippen LogP contribution >= 0.6 is 0 Å². The lowest BCUT2D eigenvalue weighted by Gasteiger charge is -2.47. The van der Waals surface area contributed by atoms with Gasteiger partial charge in [0, 0.05) is 0 Å². The maximum Gasteiger partial charge on any atom is 0.313 e. The molecule has 1 N–H and O–H groups in total. The molecular formula is C23H40O4. The molecular weight excluding hydrogens is 340 g/mol. The third kappa shape index (κ3) is 5.26. The minimum Gasteiger partial charge on any atom is -0.481 e. The van der Waals surface area contributed by atoms with Crippen molar-refractivity contribution < 1.29 is 19.4 Å². The van der Waals surface area contributed by atoms with Crippen LogP contribution in [0, 0.1) is 35.0 Å². The number of hydrogen-bond acceptors (Lipinski definition) is 3. The van der Waals surface area contributed by atoms with E-state index in [9.17, 15) is 14.7 Å². The van der Waals surface area contributed by atoms with Gasteiger partial charge in [0.2, 0.25) is 0 Å². The second-order valence-electron chi connectivity index (χ2n) is 9.83. The number of aliphatic carboxylic acids is 1. The number of hydrogen-bond donors (Lipinski definition) is 1. The van der Waals surface area contributed by atoms with Crippen molar-refractivity contribution >= 4 is 11.9 Å². The van der Waals surface area contributed by atoms with Crippen LogP contribution in [-0.4, -0.2) is 23.7 Å². The number of rotatable bonds is 9. The fraction of sp³-hybridized carbons (Fsp3) is 0.913. The fourth-order valence-corrected chi connectivity index (χ4v) is 5.73. The molecule has 0 saturated heterocycles. The molecule has 2 fully saturated rings. The Kier molecular flexibility index (Phi) is 8.18. The zero-order valence-electron chi connectivity index (χ0n) is 17.8. The molecule has 0 bridgehead atoms. The first-order valence-electron chi connectivity index (χ1n) is 11.2. The number of carboxylic acid groups (broad SMARTS) is 1. The van der Waals surface area contributed by atoms with Crippen molar-refractivity contribution in [2.24, 2.45) is 35.0 Å². The molecule has 2 atom stereocenters. The van der Waals surface area contributed by atoms with Gasteiger partial charge in [0.1, 0.15) is 0 Å². The lowest BCUT2D eigenvalue weighted by atomic mass is 9.56. The van der Waals surface area contributed by atoms with E-state index < -0.39 is 17.3 Å². The van der Waals surface area contributed by atoms with Crippen LogP contribution in [0.4, 0.5) is 0 Å². The summed E-state index contributed by atoms with van der Waals surface area (Å²) in [5.41, 5.74) is -0.871. The first-order valence-corrected chi connectivity index (χ1v) is 11.2. The predicted octanol–water partition coefficient (Wildman–Crippen LogP) is 5.69. The maximum absolute atomic E-state index is 13.6. The van der Waals surface area contributed by atoms with Gasteiger partial charge in [-0.15, -0.1) is 0 Å². The molecule has 4 nitrogen and oxygen atoms in total. The average molecular weight is 381 g/mol.